The Morgan fingerprint density at radius 3 is 2.53 bits per heavy atom. The van der Waals surface area contributed by atoms with Crippen LogP contribution in [-0.4, -0.2) is 49.7 Å². The summed E-state index contributed by atoms with van der Waals surface area (Å²) in [6.45, 7) is 4.61. The summed E-state index contributed by atoms with van der Waals surface area (Å²) in [5.74, 6) is -0.937. The van der Waals surface area contributed by atoms with Crippen molar-refractivity contribution in [3.8, 4) is 0 Å². The number of nitrogens with two attached hydrogens (primary N) is 1. The number of carbonyl (C=O) groups is 1. The third kappa shape index (κ3) is 4.44. The quantitative estimate of drug-likeness (QED) is 0.735. The molecule has 0 radical (unpaired) electrons. The maximum Gasteiger partial charge on any atom is 0.337 e. The van der Waals surface area contributed by atoms with Crippen molar-refractivity contribution in [3.05, 3.63) is 23.8 Å². The average molecular weight is 265 g/mol. The van der Waals surface area contributed by atoms with E-state index in [0.717, 1.165) is 31.7 Å². The molecule has 19 heavy (non-hydrogen) atoms. The molecule has 0 saturated heterocycles. The van der Waals surface area contributed by atoms with E-state index in [1.807, 2.05) is 21.0 Å². The summed E-state index contributed by atoms with van der Waals surface area (Å²) >= 11 is 0. The first-order chi connectivity index (χ1) is 8.95. The van der Waals surface area contributed by atoms with Gasteiger partial charge in [-0.2, -0.15) is 0 Å². The van der Waals surface area contributed by atoms with Crippen LogP contribution in [0.15, 0.2) is 18.2 Å². The van der Waals surface area contributed by atoms with Crippen molar-refractivity contribution in [2.45, 2.75) is 13.3 Å². The van der Waals surface area contributed by atoms with Gasteiger partial charge in [-0.25, -0.2) is 4.79 Å². The van der Waals surface area contributed by atoms with Crippen molar-refractivity contribution in [3.63, 3.8) is 0 Å². The Bertz CT molecular complexity index is 433. The molecule has 0 aliphatic rings. The molecule has 0 heterocycles. The van der Waals surface area contributed by atoms with Gasteiger partial charge in [0.15, 0.2) is 0 Å². The number of hydrogen-bond acceptors (Lipinski definition) is 4. The van der Waals surface area contributed by atoms with E-state index >= 15 is 0 Å². The Morgan fingerprint density at radius 2 is 2.00 bits per heavy atom. The lowest BCUT2D eigenvalue weighted by Crippen LogP contribution is -2.28. The monoisotopic (exact) mass is 265 g/mol. The lowest BCUT2D eigenvalue weighted by Gasteiger charge is -2.25. The molecular formula is C14H23N3O2. The maximum atomic E-state index is 11.3. The molecule has 1 aromatic carbocycles. The number of aromatic carboxylic acids is 1. The molecule has 0 bridgehead atoms. The second kappa shape index (κ2) is 6.99. The average Bonchev–Trinajstić information content (AvgIpc) is 2.34. The lowest BCUT2D eigenvalue weighted by atomic mass is 10.1. The number of rotatable bonds is 7. The standard InChI is InChI=1S/C14H23N3O2/c1-4-17(9-5-8-16(2)3)13-7-6-11(15)10-12(13)14(18)19/h6-7,10H,4-5,8-9,15H2,1-3H3,(H,18,19). The van der Waals surface area contributed by atoms with Gasteiger partial charge in [0, 0.05) is 18.8 Å². The summed E-state index contributed by atoms with van der Waals surface area (Å²) < 4.78 is 0. The van der Waals surface area contributed by atoms with Gasteiger partial charge in [-0.05, 0) is 52.2 Å². The first-order valence-corrected chi connectivity index (χ1v) is 6.48. The molecule has 0 unspecified atom stereocenters. The van der Waals surface area contributed by atoms with Gasteiger partial charge in [0.1, 0.15) is 0 Å². The summed E-state index contributed by atoms with van der Waals surface area (Å²) in [7, 11) is 4.06. The van der Waals surface area contributed by atoms with Crippen molar-refractivity contribution >= 4 is 17.3 Å². The molecule has 0 fully saturated rings. The second-order valence-corrected chi connectivity index (χ2v) is 4.82. The summed E-state index contributed by atoms with van der Waals surface area (Å²) in [6.07, 6.45) is 0.990. The van der Waals surface area contributed by atoms with Gasteiger partial charge in [0.25, 0.3) is 0 Å². The lowest BCUT2D eigenvalue weighted by molar-refractivity contribution is 0.0697. The topological polar surface area (TPSA) is 69.8 Å². The van der Waals surface area contributed by atoms with Gasteiger partial charge in [-0.15, -0.1) is 0 Å². The number of benzene rings is 1. The first kappa shape index (κ1) is 15.3. The molecule has 5 nitrogen and oxygen atoms in total. The molecular weight excluding hydrogens is 242 g/mol. The normalized spacial score (nSPS) is 10.7. The maximum absolute atomic E-state index is 11.3. The van der Waals surface area contributed by atoms with Gasteiger partial charge in [-0.1, -0.05) is 0 Å². The van der Waals surface area contributed by atoms with Gasteiger partial charge in [0.2, 0.25) is 0 Å². The molecule has 0 aromatic heterocycles. The minimum atomic E-state index is -0.937. The molecule has 0 aliphatic heterocycles. The Hall–Kier alpha value is -1.75. The molecule has 0 atom stereocenters. The molecule has 0 saturated carbocycles. The van der Waals surface area contributed by atoms with Gasteiger partial charge < -0.3 is 20.6 Å². The Morgan fingerprint density at radius 1 is 1.32 bits per heavy atom. The highest BCUT2D eigenvalue weighted by Crippen LogP contribution is 2.23. The Kier molecular flexibility index (Phi) is 5.63. The number of carboxylic acids is 1. The zero-order valence-electron chi connectivity index (χ0n) is 11.9. The Labute approximate surface area is 114 Å². The highest BCUT2D eigenvalue weighted by atomic mass is 16.4. The molecule has 106 valence electrons. The van der Waals surface area contributed by atoms with E-state index in [1.54, 1.807) is 12.1 Å². The van der Waals surface area contributed by atoms with Crippen LogP contribution in [0.2, 0.25) is 0 Å². The van der Waals surface area contributed by atoms with E-state index in [9.17, 15) is 9.90 Å². The van der Waals surface area contributed by atoms with E-state index in [4.69, 9.17) is 5.73 Å². The number of carboxylic acid groups (broad SMARTS) is 1. The van der Waals surface area contributed by atoms with E-state index in [0.29, 0.717) is 5.69 Å². The van der Waals surface area contributed by atoms with Crippen molar-refractivity contribution in [1.29, 1.82) is 0 Å². The zero-order chi connectivity index (χ0) is 14.4. The summed E-state index contributed by atoms with van der Waals surface area (Å²) in [6, 6.07) is 5.06. The predicted molar refractivity (Wildman–Crippen MR) is 78.9 cm³/mol. The van der Waals surface area contributed by atoms with Crippen LogP contribution >= 0.6 is 0 Å². The van der Waals surface area contributed by atoms with Crippen LogP contribution in [0.1, 0.15) is 23.7 Å². The SMILES string of the molecule is CCN(CCCN(C)C)c1ccc(N)cc1C(=O)O. The fourth-order valence-electron chi connectivity index (χ4n) is 2.03. The Balaban J connectivity index is 2.88. The van der Waals surface area contributed by atoms with E-state index in [-0.39, 0.29) is 5.56 Å². The van der Waals surface area contributed by atoms with Crippen molar-refractivity contribution in [2.24, 2.45) is 0 Å². The number of hydrogen-bond donors (Lipinski definition) is 2. The molecule has 1 aromatic rings. The van der Waals surface area contributed by atoms with Crippen molar-refractivity contribution in [1.82, 2.24) is 4.90 Å². The van der Waals surface area contributed by atoms with Crippen LogP contribution < -0.4 is 10.6 Å². The summed E-state index contributed by atoms with van der Waals surface area (Å²) in [4.78, 5) is 15.5. The largest absolute Gasteiger partial charge is 0.478 e. The molecule has 0 aliphatic carbocycles. The van der Waals surface area contributed by atoms with E-state index in [1.165, 1.54) is 6.07 Å². The molecule has 5 heteroatoms. The van der Waals surface area contributed by atoms with Crippen LogP contribution in [-0.2, 0) is 0 Å². The molecule has 0 amide bonds. The number of nitrogen functional groups attached to an aromatic ring is 1. The van der Waals surface area contributed by atoms with Crippen LogP contribution in [0.5, 0.6) is 0 Å². The fourth-order valence-corrected chi connectivity index (χ4v) is 2.03. The smallest absolute Gasteiger partial charge is 0.337 e. The summed E-state index contributed by atoms with van der Waals surface area (Å²) in [5, 5.41) is 9.26. The van der Waals surface area contributed by atoms with E-state index < -0.39 is 5.97 Å². The number of nitrogens with zero attached hydrogens (tertiary/aromatic N) is 2. The van der Waals surface area contributed by atoms with Crippen LogP contribution in [0.3, 0.4) is 0 Å². The highest BCUT2D eigenvalue weighted by Gasteiger charge is 2.15. The predicted octanol–water partition coefficient (Wildman–Crippen LogP) is 1.74. The first-order valence-electron chi connectivity index (χ1n) is 6.48. The fraction of sp³-hybridized carbons (Fsp3) is 0.500. The molecule has 0 spiro atoms. The van der Waals surface area contributed by atoms with Gasteiger partial charge in [0.05, 0.1) is 11.3 Å². The van der Waals surface area contributed by atoms with Crippen LogP contribution in [0, 0.1) is 0 Å². The van der Waals surface area contributed by atoms with Gasteiger partial charge in [-0.3, -0.25) is 0 Å². The third-order valence-corrected chi connectivity index (χ3v) is 3.01. The minimum Gasteiger partial charge on any atom is -0.478 e. The van der Waals surface area contributed by atoms with E-state index in [2.05, 4.69) is 9.80 Å². The van der Waals surface area contributed by atoms with Crippen molar-refractivity contribution in [2.75, 3.05) is 44.4 Å². The zero-order valence-corrected chi connectivity index (χ0v) is 11.9. The molecule has 3 N–H and O–H groups in total. The second-order valence-electron chi connectivity index (χ2n) is 4.82. The minimum absolute atomic E-state index is 0.270. The molecule has 1 rings (SSSR count). The summed E-state index contributed by atoms with van der Waals surface area (Å²) in [5.41, 5.74) is 7.14. The van der Waals surface area contributed by atoms with Crippen LogP contribution in [0.25, 0.3) is 0 Å². The van der Waals surface area contributed by atoms with Crippen LogP contribution in [0.4, 0.5) is 11.4 Å². The number of anilines is 2. The van der Waals surface area contributed by atoms with Gasteiger partial charge >= 0.3 is 5.97 Å². The highest BCUT2D eigenvalue weighted by molar-refractivity contribution is 5.95. The third-order valence-electron chi connectivity index (χ3n) is 3.01. The van der Waals surface area contributed by atoms with Crippen molar-refractivity contribution < 1.29 is 9.90 Å².